The molecule has 0 amide bonds. The predicted octanol–water partition coefficient (Wildman–Crippen LogP) is 0.809. The van der Waals surface area contributed by atoms with Crippen LogP contribution in [0.2, 0.25) is 5.02 Å². The molecule has 1 aromatic heterocycles. The Morgan fingerprint density at radius 3 is 3.00 bits per heavy atom. The lowest BCUT2D eigenvalue weighted by Gasteiger charge is -2.04. The lowest BCUT2D eigenvalue weighted by Crippen LogP contribution is -2.20. The van der Waals surface area contributed by atoms with Gasteiger partial charge in [0.2, 0.25) is 0 Å². The average molecular weight is 204 g/mol. The van der Waals surface area contributed by atoms with Crippen molar-refractivity contribution in [3.8, 4) is 0 Å². The van der Waals surface area contributed by atoms with Gasteiger partial charge in [0, 0.05) is 27.2 Å². The maximum atomic E-state index is 5.90. The maximum Gasteiger partial charge on any atom is 0.0831 e. The summed E-state index contributed by atoms with van der Waals surface area (Å²) in [5.41, 5.74) is 0.998. The largest absolute Gasteiger partial charge is 0.383 e. The number of nitrogens with one attached hydrogen (secondary N) is 1. The van der Waals surface area contributed by atoms with Crippen molar-refractivity contribution in [3.63, 3.8) is 0 Å². The van der Waals surface area contributed by atoms with Crippen molar-refractivity contribution in [2.24, 2.45) is 7.05 Å². The minimum Gasteiger partial charge on any atom is -0.383 e. The Labute approximate surface area is 82.8 Å². The molecule has 0 fully saturated rings. The van der Waals surface area contributed by atoms with Gasteiger partial charge >= 0.3 is 0 Å². The summed E-state index contributed by atoms with van der Waals surface area (Å²) < 4.78 is 6.67. The van der Waals surface area contributed by atoms with E-state index in [1.807, 2.05) is 7.05 Å². The van der Waals surface area contributed by atoms with E-state index >= 15 is 0 Å². The molecule has 0 saturated carbocycles. The minimum atomic E-state index is 0.701. The fourth-order valence-electron chi connectivity index (χ4n) is 1.02. The Morgan fingerprint density at radius 1 is 1.69 bits per heavy atom. The van der Waals surface area contributed by atoms with Crippen LogP contribution in [0.15, 0.2) is 6.20 Å². The first-order chi connectivity index (χ1) is 6.25. The van der Waals surface area contributed by atoms with Gasteiger partial charge in [-0.05, 0) is 0 Å². The number of hydrogen-bond donors (Lipinski definition) is 1. The third-order valence-electron chi connectivity index (χ3n) is 1.79. The number of aromatic nitrogens is 2. The van der Waals surface area contributed by atoms with Crippen molar-refractivity contribution in [2.75, 3.05) is 20.3 Å². The van der Waals surface area contributed by atoms with Gasteiger partial charge in [-0.25, -0.2) is 0 Å². The topological polar surface area (TPSA) is 39.1 Å². The van der Waals surface area contributed by atoms with Gasteiger partial charge in [0.1, 0.15) is 0 Å². The summed E-state index contributed by atoms with van der Waals surface area (Å²) in [6.45, 7) is 2.24. The third-order valence-corrected chi connectivity index (χ3v) is 2.10. The smallest absolute Gasteiger partial charge is 0.0831 e. The van der Waals surface area contributed by atoms with Crippen LogP contribution in [0, 0.1) is 0 Å². The van der Waals surface area contributed by atoms with Crippen LogP contribution < -0.4 is 5.32 Å². The van der Waals surface area contributed by atoms with Crippen molar-refractivity contribution in [2.45, 2.75) is 6.54 Å². The molecule has 0 atom stereocenters. The number of methoxy groups -OCH3 is 1. The Bertz CT molecular complexity index is 242. The van der Waals surface area contributed by atoms with Gasteiger partial charge in [-0.1, -0.05) is 11.6 Å². The van der Waals surface area contributed by atoms with Crippen LogP contribution in [0.5, 0.6) is 0 Å². The lowest BCUT2D eigenvalue weighted by atomic mass is 10.4. The molecule has 4 nitrogen and oxygen atoms in total. The molecule has 0 aliphatic carbocycles. The number of rotatable bonds is 5. The second-order valence-electron chi connectivity index (χ2n) is 2.73. The molecule has 1 rings (SSSR count). The molecule has 5 heteroatoms. The molecule has 0 bridgehead atoms. The molecular weight excluding hydrogens is 190 g/mol. The number of nitrogens with zero attached hydrogens (tertiary/aromatic N) is 2. The standard InChI is InChI=1S/C8H14ClN3O/c1-12-8(7(9)5-11-12)6-10-3-4-13-2/h5,10H,3-4,6H2,1-2H3. The molecule has 1 aromatic rings. The Balaban J connectivity index is 2.36. The molecule has 0 aliphatic heterocycles. The van der Waals surface area contributed by atoms with Gasteiger partial charge in [-0.3, -0.25) is 4.68 Å². The van der Waals surface area contributed by atoms with Crippen LogP contribution in [-0.2, 0) is 18.3 Å². The molecule has 0 unspecified atom stereocenters. The van der Waals surface area contributed by atoms with Crippen molar-refractivity contribution in [1.82, 2.24) is 15.1 Å². The Kier molecular flexibility index (Phi) is 4.21. The second kappa shape index (κ2) is 5.21. The highest BCUT2D eigenvalue weighted by Crippen LogP contribution is 2.12. The van der Waals surface area contributed by atoms with E-state index in [2.05, 4.69) is 10.4 Å². The molecule has 0 aromatic carbocycles. The summed E-state index contributed by atoms with van der Waals surface area (Å²) in [5, 5.41) is 7.93. The van der Waals surface area contributed by atoms with E-state index in [9.17, 15) is 0 Å². The van der Waals surface area contributed by atoms with Gasteiger partial charge in [0.25, 0.3) is 0 Å². The van der Waals surface area contributed by atoms with Gasteiger partial charge in [0.05, 0.1) is 23.5 Å². The average Bonchev–Trinajstić information content (AvgIpc) is 2.42. The van der Waals surface area contributed by atoms with E-state index in [0.717, 1.165) is 18.8 Å². The number of halogens is 1. The zero-order valence-electron chi connectivity index (χ0n) is 7.88. The first-order valence-electron chi connectivity index (χ1n) is 4.11. The zero-order valence-corrected chi connectivity index (χ0v) is 8.64. The highest BCUT2D eigenvalue weighted by molar-refractivity contribution is 6.31. The van der Waals surface area contributed by atoms with E-state index in [-0.39, 0.29) is 0 Å². The zero-order chi connectivity index (χ0) is 9.68. The van der Waals surface area contributed by atoms with Crippen LogP contribution >= 0.6 is 11.6 Å². The van der Waals surface area contributed by atoms with E-state index < -0.39 is 0 Å². The highest BCUT2D eigenvalue weighted by Gasteiger charge is 2.04. The normalized spacial score (nSPS) is 10.7. The summed E-state index contributed by atoms with van der Waals surface area (Å²) >= 11 is 5.90. The Morgan fingerprint density at radius 2 is 2.46 bits per heavy atom. The number of aryl methyl sites for hydroxylation is 1. The number of hydrogen-bond acceptors (Lipinski definition) is 3. The summed E-state index contributed by atoms with van der Waals surface area (Å²) in [4.78, 5) is 0. The van der Waals surface area contributed by atoms with Gasteiger partial charge < -0.3 is 10.1 Å². The van der Waals surface area contributed by atoms with Crippen molar-refractivity contribution >= 4 is 11.6 Å². The van der Waals surface area contributed by atoms with E-state index in [1.165, 1.54) is 0 Å². The van der Waals surface area contributed by atoms with Crippen LogP contribution in [-0.4, -0.2) is 30.0 Å². The molecule has 0 saturated heterocycles. The maximum absolute atomic E-state index is 5.90. The summed E-state index contributed by atoms with van der Waals surface area (Å²) in [6, 6.07) is 0. The van der Waals surface area contributed by atoms with Crippen LogP contribution in [0.4, 0.5) is 0 Å². The fourth-order valence-corrected chi connectivity index (χ4v) is 1.25. The van der Waals surface area contributed by atoms with E-state index in [0.29, 0.717) is 11.6 Å². The monoisotopic (exact) mass is 203 g/mol. The Hall–Kier alpha value is -0.580. The second-order valence-corrected chi connectivity index (χ2v) is 3.14. The minimum absolute atomic E-state index is 0.701. The first kappa shape index (κ1) is 10.5. The predicted molar refractivity (Wildman–Crippen MR) is 51.8 cm³/mol. The fraction of sp³-hybridized carbons (Fsp3) is 0.625. The summed E-state index contributed by atoms with van der Waals surface area (Å²) in [6.07, 6.45) is 1.65. The van der Waals surface area contributed by atoms with E-state index in [1.54, 1.807) is 18.0 Å². The summed E-state index contributed by atoms with van der Waals surface area (Å²) in [7, 11) is 3.55. The highest BCUT2D eigenvalue weighted by atomic mass is 35.5. The molecule has 1 N–H and O–H groups in total. The quantitative estimate of drug-likeness (QED) is 0.720. The third kappa shape index (κ3) is 2.99. The molecule has 0 radical (unpaired) electrons. The molecule has 74 valence electrons. The van der Waals surface area contributed by atoms with Crippen LogP contribution in [0.3, 0.4) is 0 Å². The van der Waals surface area contributed by atoms with Crippen LogP contribution in [0.1, 0.15) is 5.69 Å². The molecule has 0 spiro atoms. The lowest BCUT2D eigenvalue weighted by molar-refractivity contribution is 0.199. The van der Waals surface area contributed by atoms with Gasteiger partial charge in [-0.2, -0.15) is 5.10 Å². The van der Waals surface area contributed by atoms with Gasteiger partial charge in [0.15, 0.2) is 0 Å². The molecule has 0 aliphatic rings. The number of ether oxygens (including phenoxy) is 1. The molecular formula is C8H14ClN3O. The van der Waals surface area contributed by atoms with E-state index in [4.69, 9.17) is 16.3 Å². The SMILES string of the molecule is COCCNCc1c(Cl)cnn1C. The van der Waals surface area contributed by atoms with Crippen molar-refractivity contribution in [3.05, 3.63) is 16.9 Å². The van der Waals surface area contributed by atoms with Crippen molar-refractivity contribution in [1.29, 1.82) is 0 Å². The first-order valence-corrected chi connectivity index (χ1v) is 4.49. The van der Waals surface area contributed by atoms with Gasteiger partial charge in [-0.15, -0.1) is 0 Å². The summed E-state index contributed by atoms with van der Waals surface area (Å²) in [5.74, 6) is 0. The molecule has 13 heavy (non-hydrogen) atoms. The van der Waals surface area contributed by atoms with Crippen LogP contribution in [0.25, 0.3) is 0 Å². The van der Waals surface area contributed by atoms with Crippen molar-refractivity contribution < 1.29 is 4.74 Å². The molecule has 1 heterocycles.